The van der Waals surface area contributed by atoms with Gasteiger partial charge in [0, 0.05) is 44.2 Å². The van der Waals surface area contributed by atoms with Crippen molar-refractivity contribution in [1.29, 1.82) is 0 Å². The third-order valence-corrected chi connectivity index (χ3v) is 6.95. The van der Waals surface area contributed by atoms with Gasteiger partial charge in [0.1, 0.15) is 17.4 Å². The zero-order valence-corrected chi connectivity index (χ0v) is 19.7. The van der Waals surface area contributed by atoms with Crippen LogP contribution in [-0.2, 0) is 11.2 Å². The first kappa shape index (κ1) is 23.0. The lowest BCUT2D eigenvalue weighted by Crippen LogP contribution is -2.39. The second kappa shape index (κ2) is 11.6. The largest absolute Gasteiger partial charge is 0.488 e. The molecule has 3 heterocycles. The van der Waals surface area contributed by atoms with E-state index >= 15 is 0 Å². The average Bonchev–Trinajstić information content (AvgIpc) is 2.84. The molecule has 0 saturated carbocycles. The number of benzene rings is 1. The van der Waals surface area contributed by atoms with Crippen molar-refractivity contribution in [1.82, 2.24) is 14.8 Å². The molecule has 4 rings (SSSR count). The van der Waals surface area contributed by atoms with Crippen molar-refractivity contribution >= 4 is 16.8 Å². The lowest BCUT2D eigenvalue weighted by molar-refractivity contribution is -0.132. The van der Waals surface area contributed by atoms with Gasteiger partial charge in [0.15, 0.2) is 0 Å². The first-order chi connectivity index (χ1) is 15.7. The van der Waals surface area contributed by atoms with Crippen LogP contribution >= 0.6 is 0 Å². The molecule has 2 fully saturated rings. The molecule has 32 heavy (non-hydrogen) atoms. The molecule has 1 aromatic heterocycles. The summed E-state index contributed by atoms with van der Waals surface area (Å²) in [6.07, 6.45) is 12.9. The van der Waals surface area contributed by atoms with Crippen LogP contribution in [0.4, 0.5) is 0 Å². The number of aromatic nitrogens is 1. The van der Waals surface area contributed by atoms with E-state index < -0.39 is 0 Å². The van der Waals surface area contributed by atoms with Crippen LogP contribution < -0.4 is 4.74 Å². The van der Waals surface area contributed by atoms with Crippen LogP contribution in [0, 0.1) is 0 Å². The molecule has 0 unspecified atom stereocenters. The zero-order chi connectivity index (χ0) is 22.2. The maximum Gasteiger partial charge on any atom is 0.222 e. The number of carbonyl (C=O) groups is 1. The highest BCUT2D eigenvalue weighted by molar-refractivity contribution is 5.85. The number of unbranched alkanes of at least 4 members (excludes halogenated alkanes) is 1. The Kier molecular flexibility index (Phi) is 8.38. The number of piperidine rings is 2. The molecule has 0 bridgehead atoms. The van der Waals surface area contributed by atoms with Crippen molar-refractivity contribution in [3.63, 3.8) is 0 Å². The summed E-state index contributed by atoms with van der Waals surface area (Å²) < 4.78 is 6.51. The summed E-state index contributed by atoms with van der Waals surface area (Å²) in [5.74, 6) is 1.30. The third kappa shape index (κ3) is 6.22. The summed E-state index contributed by atoms with van der Waals surface area (Å²) in [5, 5.41) is 1.17. The van der Waals surface area contributed by atoms with Gasteiger partial charge in [-0.25, -0.2) is 0 Å². The van der Waals surface area contributed by atoms with E-state index in [1.807, 2.05) is 12.3 Å². The first-order valence-corrected chi connectivity index (χ1v) is 12.8. The van der Waals surface area contributed by atoms with Crippen LogP contribution in [0.3, 0.4) is 0 Å². The van der Waals surface area contributed by atoms with E-state index in [9.17, 15) is 4.79 Å². The Balaban J connectivity index is 1.26. The summed E-state index contributed by atoms with van der Waals surface area (Å²) in [7, 11) is 0. The number of carbonyl (C=O) groups excluding carboxylic acids is 1. The average molecular weight is 438 g/mol. The molecular weight excluding hydrogens is 398 g/mol. The SMILES string of the molecule is CCCCc1cc(OC2CCN(CCCC(=O)N3CCCCC3)CC2)c2ncccc2c1. The highest BCUT2D eigenvalue weighted by Gasteiger charge is 2.22. The maximum atomic E-state index is 12.4. The summed E-state index contributed by atoms with van der Waals surface area (Å²) in [6.45, 7) is 7.27. The normalized spacial score (nSPS) is 18.2. The molecule has 2 saturated heterocycles. The fraction of sp³-hybridized carbons (Fsp3) is 0.630. The third-order valence-electron chi connectivity index (χ3n) is 6.95. The molecule has 0 atom stereocenters. The van der Waals surface area contributed by atoms with Crippen molar-refractivity contribution in [2.24, 2.45) is 0 Å². The number of hydrogen-bond acceptors (Lipinski definition) is 4. The van der Waals surface area contributed by atoms with Gasteiger partial charge in [0.2, 0.25) is 5.91 Å². The Labute approximate surface area is 193 Å². The van der Waals surface area contributed by atoms with E-state index in [2.05, 4.69) is 39.9 Å². The molecule has 5 heteroatoms. The number of ether oxygens (including phenoxy) is 1. The van der Waals surface area contributed by atoms with E-state index in [0.717, 1.165) is 69.7 Å². The quantitative estimate of drug-likeness (QED) is 0.540. The van der Waals surface area contributed by atoms with Crippen LogP contribution in [-0.4, -0.2) is 59.5 Å². The molecule has 2 aromatic rings. The number of amides is 1. The van der Waals surface area contributed by atoms with Crippen LogP contribution in [0.2, 0.25) is 0 Å². The summed E-state index contributed by atoms with van der Waals surface area (Å²) in [5.41, 5.74) is 2.32. The predicted molar refractivity (Wildman–Crippen MR) is 130 cm³/mol. The Hall–Kier alpha value is -2.14. The van der Waals surface area contributed by atoms with E-state index in [1.165, 1.54) is 43.1 Å². The van der Waals surface area contributed by atoms with Gasteiger partial charge in [0.25, 0.3) is 0 Å². The van der Waals surface area contributed by atoms with Gasteiger partial charge >= 0.3 is 0 Å². The van der Waals surface area contributed by atoms with Crippen molar-refractivity contribution in [2.45, 2.75) is 77.2 Å². The predicted octanol–water partition coefficient (Wildman–Crippen LogP) is 5.21. The van der Waals surface area contributed by atoms with E-state index in [1.54, 1.807) is 0 Å². The summed E-state index contributed by atoms with van der Waals surface area (Å²) >= 11 is 0. The van der Waals surface area contributed by atoms with Crippen molar-refractivity contribution in [2.75, 3.05) is 32.7 Å². The molecule has 0 radical (unpaired) electrons. The monoisotopic (exact) mass is 437 g/mol. The number of aryl methyl sites for hydroxylation is 1. The second-order valence-corrected chi connectivity index (χ2v) is 9.48. The zero-order valence-electron chi connectivity index (χ0n) is 19.7. The minimum absolute atomic E-state index is 0.243. The Bertz CT molecular complexity index is 870. The van der Waals surface area contributed by atoms with Gasteiger partial charge in [-0.15, -0.1) is 0 Å². The van der Waals surface area contributed by atoms with Gasteiger partial charge < -0.3 is 14.5 Å². The van der Waals surface area contributed by atoms with E-state index in [0.29, 0.717) is 12.3 Å². The summed E-state index contributed by atoms with van der Waals surface area (Å²) in [4.78, 5) is 21.5. The fourth-order valence-corrected chi connectivity index (χ4v) is 5.02. The minimum atomic E-state index is 0.243. The van der Waals surface area contributed by atoms with Gasteiger partial charge in [-0.1, -0.05) is 19.4 Å². The van der Waals surface area contributed by atoms with E-state index in [-0.39, 0.29) is 6.10 Å². The van der Waals surface area contributed by atoms with E-state index in [4.69, 9.17) is 4.74 Å². The van der Waals surface area contributed by atoms with Crippen LogP contribution in [0.1, 0.15) is 70.3 Å². The maximum absolute atomic E-state index is 12.4. The first-order valence-electron chi connectivity index (χ1n) is 12.8. The molecule has 0 N–H and O–H groups in total. The molecule has 1 amide bonds. The lowest BCUT2D eigenvalue weighted by atomic mass is 10.0. The summed E-state index contributed by atoms with van der Waals surface area (Å²) in [6, 6.07) is 8.62. The highest BCUT2D eigenvalue weighted by atomic mass is 16.5. The van der Waals surface area contributed by atoms with Gasteiger partial charge in [-0.05, 0) is 81.7 Å². The number of fused-ring (bicyclic) bond motifs is 1. The standard InChI is InChI=1S/C27H39N3O2/c1-2-3-9-22-20-23-10-7-14-28-27(23)25(21-22)32-24-12-18-29(19-13-24)15-8-11-26(31)30-16-5-4-6-17-30/h7,10,14,20-21,24H,2-6,8-9,11-13,15-19H2,1H3. The topological polar surface area (TPSA) is 45.7 Å². The van der Waals surface area contributed by atoms with Gasteiger partial charge in [-0.3, -0.25) is 9.78 Å². The molecule has 0 aliphatic carbocycles. The molecule has 1 aromatic carbocycles. The van der Waals surface area contributed by atoms with Crippen molar-refractivity contribution < 1.29 is 9.53 Å². The number of likely N-dealkylation sites (tertiary alicyclic amines) is 2. The number of rotatable bonds is 9. The molecule has 2 aliphatic heterocycles. The molecule has 5 nitrogen and oxygen atoms in total. The number of hydrogen-bond donors (Lipinski definition) is 0. The number of pyridine rings is 1. The van der Waals surface area contributed by atoms with Crippen LogP contribution in [0.25, 0.3) is 10.9 Å². The Morgan fingerprint density at radius 3 is 2.69 bits per heavy atom. The molecular formula is C27H39N3O2. The molecule has 174 valence electrons. The molecule has 2 aliphatic rings. The Morgan fingerprint density at radius 2 is 1.91 bits per heavy atom. The van der Waals surface area contributed by atoms with Crippen molar-refractivity contribution in [3.05, 3.63) is 36.0 Å². The van der Waals surface area contributed by atoms with Crippen LogP contribution in [0.5, 0.6) is 5.75 Å². The number of nitrogens with zero attached hydrogens (tertiary/aromatic N) is 3. The smallest absolute Gasteiger partial charge is 0.222 e. The highest BCUT2D eigenvalue weighted by Crippen LogP contribution is 2.29. The minimum Gasteiger partial charge on any atom is -0.488 e. The van der Waals surface area contributed by atoms with Gasteiger partial charge in [0.05, 0.1) is 0 Å². The van der Waals surface area contributed by atoms with Crippen LogP contribution in [0.15, 0.2) is 30.5 Å². The van der Waals surface area contributed by atoms with Crippen molar-refractivity contribution in [3.8, 4) is 5.75 Å². The fourth-order valence-electron chi connectivity index (χ4n) is 5.02. The Morgan fingerprint density at radius 1 is 1.09 bits per heavy atom. The second-order valence-electron chi connectivity index (χ2n) is 9.48. The van der Waals surface area contributed by atoms with Gasteiger partial charge in [-0.2, -0.15) is 0 Å². The lowest BCUT2D eigenvalue weighted by Gasteiger charge is -2.32. The molecule has 0 spiro atoms.